The first-order chi connectivity index (χ1) is 17.2. The SMILES string of the molecule is CC1CCC(CCc2ccc(OC(F)(F)c3ccc(-c4cc(F)c(C#N)c(F)c4)cc3)c(F)c2)CC1. The van der Waals surface area contributed by atoms with Gasteiger partial charge in [-0.15, -0.1) is 0 Å². The van der Waals surface area contributed by atoms with Gasteiger partial charge in [-0.3, -0.25) is 0 Å². The topological polar surface area (TPSA) is 33.0 Å². The molecular weight excluding hydrogens is 473 g/mol. The van der Waals surface area contributed by atoms with Gasteiger partial charge in [0.15, 0.2) is 11.6 Å². The van der Waals surface area contributed by atoms with Gasteiger partial charge in [-0.2, -0.15) is 14.0 Å². The molecule has 0 unspecified atom stereocenters. The highest BCUT2D eigenvalue weighted by atomic mass is 19.3. The van der Waals surface area contributed by atoms with E-state index in [-0.39, 0.29) is 11.1 Å². The summed E-state index contributed by atoms with van der Waals surface area (Å²) in [4.78, 5) is 0. The Morgan fingerprint density at radius 1 is 0.861 bits per heavy atom. The third-order valence-corrected chi connectivity index (χ3v) is 6.92. The minimum Gasteiger partial charge on any atom is -0.426 e. The lowest BCUT2D eigenvalue weighted by Gasteiger charge is -2.26. The molecule has 0 saturated heterocycles. The molecule has 0 atom stereocenters. The number of nitriles is 1. The van der Waals surface area contributed by atoms with Gasteiger partial charge in [0.05, 0.1) is 5.56 Å². The van der Waals surface area contributed by atoms with Crippen molar-refractivity contribution in [2.45, 2.75) is 51.6 Å². The van der Waals surface area contributed by atoms with Crippen molar-refractivity contribution in [2.75, 3.05) is 0 Å². The van der Waals surface area contributed by atoms with E-state index in [2.05, 4.69) is 6.92 Å². The number of rotatable bonds is 7. The molecule has 0 spiro atoms. The van der Waals surface area contributed by atoms with Gasteiger partial charge in [0, 0.05) is 0 Å². The summed E-state index contributed by atoms with van der Waals surface area (Å²) in [7, 11) is 0. The number of nitrogens with zero attached hydrogens (tertiary/aromatic N) is 1. The maximum Gasteiger partial charge on any atom is 0.426 e. The predicted molar refractivity (Wildman–Crippen MR) is 127 cm³/mol. The predicted octanol–water partition coefficient (Wildman–Crippen LogP) is 8.53. The fourth-order valence-electron chi connectivity index (χ4n) is 4.67. The Kier molecular flexibility index (Phi) is 7.63. The smallest absolute Gasteiger partial charge is 0.426 e. The summed E-state index contributed by atoms with van der Waals surface area (Å²) in [5, 5.41) is 8.78. The molecule has 0 N–H and O–H groups in total. The van der Waals surface area contributed by atoms with Crippen molar-refractivity contribution in [1.29, 1.82) is 5.26 Å². The largest absolute Gasteiger partial charge is 0.426 e. The molecular formula is C29H26F5NO. The first-order valence-corrected chi connectivity index (χ1v) is 12.0. The van der Waals surface area contributed by atoms with E-state index in [4.69, 9.17) is 10.00 Å². The number of aryl methyl sites for hydroxylation is 1. The normalized spacial score (nSPS) is 18.0. The van der Waals surface area contributed by atoms with Crippen molar-refractivity contribution in [3.8, 4) is 22.9 Å². The molecule has 3 aromatic carbocycles. The second kappa shape index (κ2) is 10.7. The third-order valence-electron chi connectivity index (χ3n) is 6.92. The highest BCUT2D eigenvalue weighted by Crippen LogP contribution is 2.35. The molecule has 1 aliphatic rings. The van der Waals surface area contributed by atoms with Crippen LogP contribution in [0.5, 0.6) is 5.75 Å². The summed E-state index contributed by atoms with van der Waals surface area (Å²) in [6, 6.07) is 12.0. The van der Waals surface area contributed by atoms with Gasteiger partial charge < -0.3 is 4.74 Å². The maximum atomic E-state index is 14.8. The molecule has 3 aromatic rings. The first kappa shape index (κ1) is 25.7. The van der Waals surface area contributed by atoms with Gasteiger partial charge in [0.25, 0.3) is 0 Å². The average Bonchev–Trinajstić information content (AvgIpc) is 2.85. The molecule has 7 heteroatoms. The fraction of sp³-hybridized carbons (Fsp3) is 0.345. The van der Waals surface area contributed by atoms with Crippen molar-refractivity contribution in [3.63, 3.8) is 0 Å². The van der Waals surface area contributed by atoms with Crippen molar-refractivity contribution in [2.24, 2.45) is 11.8 Å². The van der Waals surface area contributed by atoms with Gasteiger partial charge in [-0.25, -0.2) is 13.2 Å². The van der Waals surface area contributed by atoms with Gasteiger partial charge in [0.2, 0.25) is 0 Å². The zero-order chi connectivity index (χ0) is 25.9. The Bertz CT molecular complexity index is 1230. The number of benzene rings is 3. The molecule has 188 valence electrons. The quantitative estimate of drug-likeness (QED) is 0.305. The van der Waals surface area contributed by atoms with Crippen LogP contribution in [-0.2, 0) is 12.5 Å². The Hall–Kier alpha value is -3.40. The molecule has 0 aromatic heterocycles. The second-order valence-corrected chi connectivity index (χ2v) is 9.55. The summed E-state index contributed by atoms with van der Waals surface area (Å²) < 4.78 is 76.6. The molecule has 36 heavy (non-hydrogen) atoms. The molecule has 0 aliphatic heterocycles. The number of hydrogen-bond acceptors (Lipinski definition) is 2. The summed E-state index contributed by atoms with van der Waals surface area (Å²) in [5.74, 6) is -2.13. The molecule has 1 fully saturated rings. The average molecular weight is 500 g/mol. The Morgan fingerprint density at radius 2 is 1.50 bits per heavy atom. The first-order valence-electron chi connectivity index (χ1n) is 12.0. The Morgan fingerprint density at radius 3 is 2.08 bits per heavy atom. The van der Waals surface area contributed by atoms with Crippen LogP contribution in [0.25, 0.3) is 11.1 Å². The molecule has 1 aliphatic carbocycles. The van der Waals surface area contributed by atoms with E-state index in [1.165, 1.54) is 56.0 Å². The fourth-order valence-corrected chi connectivity index (χ4v) is 4.67. The minimum absolute atomic E-state index is 0.0872. The number of alkyl halides is 2. The van der Waals surface area contributed by atoms with Crippen LogP contribution in [0, 0.1) is 40.6 Å². The van der Waals surface area contributed by atoms with E-state index in [9.17, 15) is 22.0 Å². The Balaban J connectivity index is 1.42. The second-order valence-electron chi connectivity index (χ2n) is 9.55. The van der Waals surface area contributed by atoms with E-state index >= 15 is 0 Å². The lowest BCUT2D eigenvalue weighted by Crippen LogP contribution is -2.22. The van der Waals surface area contributed by atoms with Crippen LogP contribution < -0.4 is 4.74 Å². The van der Waals surface area contributed by atoms with Crippen LogP contribution in [0.1, 0.15) is 55.7 Å². The lowest BCUT2D eigenvalue weighted by molar-refractivity contribution is -0.186. The standard InChI is InChI=1S/C29H26F5NO/c1-18-2-4-19(5-3-18)6-7-20-8-13-28(27(32)14-20)36-29(33,34)23-11-9-21(10-12-23)22-15-25(30)24(17-35)26(31)16-22/h8-16,18-19H,2-7H2,1H3. The van der Waals surface area contributed by atoms with Gasteiger partial charge >= 0.3 is 6.11 Å². The van der Waals surface area contributed by atoms with Crippen LogP contribution in [-0.4, -0.2) is 0 Å². The number of halogens is 5. The number of ether oxygens (including phenoxy) is 1. The van der Waals surface area contributed by atoms with Crippen molar-refractivity contribution in [1.82, 2.24) is 0 Å². The summed E-state index contributed by atoms with van der Waals surface area (Å²) in [5.41, 5.74) is -0.167. The maximum absolute atomic E-state index is 14.8. The van der Waals surface area contributed by atoms with Gasteiger partial charge in [-0.1, -0.05) is 50.8 Å². The molecule has 0 bridgehead atoms. The molecule has 4 rings (SSSR count). The van der Waals surface area contributed by atoms with Crippen LogP contribution in [0.3, 0.4) is 0 Å². The van der Waals surface area contributed by atoms with E-state index < -0.39 is 40.4 Å². The highest BCUT2D eigenvalue weighted by Gasteiger charge is 2.35. The molecule has 0 radical (unpaired) electrons. The third kappa shape index (κ3) is 5.87. The highest BCUT2D eigenvalue weighted by molar-refractivity contribution is 5.65. The van der Waals surface area contributed by atoms with E-state index in [0.717, 1.165) is 42.2 Å². The zero-order valence-electron chi connectivity index (χ0n) is 19.8. The molecule has 0 heterocycles. The van der Waals surface area contributed by atoms with Crippen molar-refractivity contribution >= 4 is 0 Å². The van der Waals surface area contributed by atoms with Gasteiger partial charge in [0.1, 0.15) is 23.3 Å². The lowest BCUT2D eigenvalue weighted by atomic mass is 9.80. The van der Waals surface area contributed by atoms with E-state index in [1.54, 1.807) is 6.07 Å². The minimum atomic E-state index is -3.83. The summed E-state index contributed by atoms with van der Waals surface area (Å²) >= 11 is 0. The summed E-state index contributed by atoms with van der Waals surface area (Å²) in [6.45, 7) is 2.26. The monoisotopic (exact) mass is 499 g/mol. The van der Waals surface area contributed by atoms with Crippen LogP contribution in [0.2, 0.25) is 0 Å². The van der Waals surface area contributed by atoms with Crippen LogP contribution in [0.15, 0.2) is 54.6 Å². The van der Waals surface area contributed by atoms with Crippen LogP contribution in [0.4, 0.5) is 22.0 Å². The Labute approximate surface area is 207 Å². The molecule has 1 saturated carbocycles. The molecule has 0 amide bonds. The zero-order valence-corrected chi connectivity index (χ0v) is 19.8. The van der Waals surface area contributed by atoms with Crippen molar-refractivity contribution < 1.29 is 26.7 Å². The molecule has 2 nitrogen and oxygen atoms in total. The van der Waals surface area contributed by atoms with E-state index in [0.29, 0.717) is 12.3 Å². The van der Waals surface area contributed by atoms with Crippen molar-refractivity contribution in [3.05, 3.63) is 88.7 Å². The summed E-state index contributed by atoms with van der Waals surface area (Å²) in [6.07, 6.45) is 2.56. The van der Waals surface area contributed by atoms with E-state index in [1.807, 2.05) is 0 Å². The van der Waals surface area contributed by atoms with Gasteiger partial charge in [-0.05, 0) is 77.8 Å². The van der Waals surface area contributed by atoms with Crippen LogP contribution >= 0.6 is 0 Å². The number of hydrogen-bond donors (Lipinski definition) is 0.